The van der Waals surface area contributed by atoms with Crippen LogP contribution in [0.25, 0.3) is 6.08 Å². The lowest BCUT2D eigenvalue weighted by Crippen LogP contribution is -2.58. The Morgan fingerprint density at radius 1 is 1.20 bits per heavy atom. The fourth-order valence-electron chi connectivity index (χ4n) is 6.12. The molecule has 2 heterocycles. The molecule has 4 rings (SSSR count). The molecule has 1 unspecified atom stereocenters. The molecule has 3 aliphatic rings. The Morgan fingerprint density at radius 2 is 1.80 bits per heavy atom. The summed E-state index contributed by atoms with van der Waals surface area (Å²) < 4.78 is 65.3. The molecule has 9 nitrogen and oxygen atoms in total. The van der Waals surface area contributed by atoms with Crippen molar-refractivity contribution in [2.45, 2.75) is 83.2 Å². The largest absolute Gasteiger partial charge is 0.389 e. The van der Waals surface area contributed by atoms with E-state index >= 15 is 0 Å². The number of nitrogen functional groups attached to an aromatic ring is 1. The molecule has 0 radical (unpaired) electrons. The number of hydrogen-bond acceptors (Lipinski definition) is 7. The molecule has 1 aromatic carbocycles. The summed E-state index contributed by atoms with van der Waals surface area (Å²) in [7, 11) is -3.74. The van der Waals surface area contributed by atoms with Crippen LogP contribution in [0.1, 0.15) is 78.4 Å². The number of piperidine rings is 1. The van der Waals surface area contributed by atoms with Crippen molar-refractivity contribution in [2.75, 3.05) is 13.1 Å². The van der Waals surface area contributed by atoms with Crippen LogP contribution in [-0.4, -0.2) is 60.6 Å². The van der Waals surface area contributed by atoms with Crippen LogP contribution in [0.3, 0.4) is 0 Å². The summed E-state index contributed by atoms with van der Waals surface area (Å²) >= 11 is 0. The fourth-order valence-corrected chi connectivity index (χ4v) is 7.29. The number of amidine groups is 1. The van der Waals surface area contributed by atoms with Crippen LogP contribution < -0.4 is 16.6 Å². The van der Waals surface area contributed by atoms with Gasteiger partial charge in [-0.1, -0.05) is 0 Å². The van der Waals surface area contributed by atoms with E-state index in [1.807, 2.05) is 0 Å². The number of nitrogens with one attached hydrogen (secondary N) is 2. The van der Waals surface area contributed by atoms with Gasteiger partial charge in [0.05, 0.1) is 5.54 Å². The minimum atomic E-state index is -4.13. The van der Waals surface area contributed by atoms with Crippen LogP contribution >= 0.6 is 0 Å². The van der Waals surface area contributed by atoms with Crippen LogP contribution in [0.15, 0.2) is 22.5 Å². The van der Waals surface area contributed by atoms with E-state index in [4.69, 9.17) is 5.84 Å². The average Bonchev–Trinajstić information content (AvgIpc) is 3.21. The molecule has 5 N–H and O–H groups in total. The average molecular weight is 586 g/mol. The summed E-state index contributed by atoms with van der Waals surface area (Å²) in [5, 5.41) is 15.4. The zero-order valence-electron chi connectivity index (χ0n) is 22.8. The SMILES string of the molecule is Cc1cc(C(=O)NN)cc(C)c1/C=C/S(=O)(=O)N1CCC2(CC1)NC(C1CCC(CCC(F)(F)F)CC1)=NC2O. The summed E-state index contributed by atoms with van der Waals surface area (Å²) in [6, 6.07) is 3.29. The smallest absolute Gasteiger partial charge is 0.370 e. The molecule has 13 heteroatoms. The predicted molar refractivity (Wildman–Crippen MR) is 146 cm³/mol. The fraction of sp³-hybridized carbons (Fsp3) is 0.630. The van der Waals surface area contributed by atoms with Gasteiger partial charge in [0.15, 0.2) is 6.23 Å². The van der Waals surface area contributed by atoms with Gasteiger partial charge >= 0.3 is 6.18 Å². The number of carbonyl (C=O) groups is 1. The predicted octanol–water partition coefficient (Wildman–Crippen LogP) is 3.51. The second-order valence-electron chi connectivity index (χ2n) is 11.3. The third-order valence-corrected chi connectivity index (χ3v) is 10.1. The Bertz CT molecular complexity index is 1240. The highest BCUT2D eigenvalue weighted by Crippen LogP contribution is 2.38. The second kappa shape index (κ2) is 11.8. The second-order valence-corrected chi connectivity index (χ2v) is 13.1. The van der Waals surface area contributed by atoms with E-state index < -0.39 is 40.3 Å². The Labute approximate surface area is 233 Å². The normalized spacial score (nSPS) is 25.7. The van der Waals surface area contributed by atoms with Gasteiger partial charge < -0.3 is 10.4 Å². The number of benzene rings is 1. The lowest BCUT2D eigenvalue weighted by Gasteiger charge is -2.40. The van der Waals surface area contributed by atoms with Crippen LogP contribution in [0.2, 0.25) is 0 Å². The van der Waals surface area contributed by atoms with Crippen LogP contribution in [-0.2, 0) is 10.0 Å². The molecule has 2 aliphatic heterocycles. The van der Waals surface area contributed by atoms with Crippen molar-refractivity contribution in [2.24, 2.45) is 22.7 Å². The van der Waals surface area contributed by atoms with Crippen molar-refractivity contribution in [1.29, 1.82) is 0 Å². The minimum Gasteiger partial charge on any atom is -0.370 e. The van der Waals surface area contributed by atoms with Gasteiger partial charge in [0.1, 0.15) is 5.84 Å². The van der Waals surface area contributed by atoms with E-state index in [0.29, 0.717) is 42.6 Å². The highest BCUT2D eigenvalue weighted by molar-refractivity contribution is 7.92. The maximum Gasteiger partial charge on any atom is 0.389 e. The van der Waals surface area contributed by atoms with Crippen molar-refractivity contribution >= 4 is 27.8 Å². The van der Waals surface area contributed by atoms with Gasteiger partial charge in [0.2, 0.25) is 10.0 Å². The molecule has 0 bridgehead atoms. The van der Waals surface area contributed by atoms with Gasteiger partial charge in [-0.15, -0.1) is 0 Å². The highest BCUT2D eigenvalue weighted by Gasteiger charge is 2.48. The number of rotatable bonds is 7. The van der Waals surface area contributed by atoms with Gasteiger partial charge in [-0.05, 0) is 99.6 Å². The van der Waals surface area contributed by atoms with Crippen LogP contribution in [0, 0.1) is 25.7 Å². The molecule has 1 spiro atoms. The number of nitrogens with two attached hydrogens (primary N) is 1. The Balaban J connectivity index is 1.33. The number of aliphatic hydroxyl groups excluding tert-OH is 1. The lowest BCUT2D eigenvalue weighted by molar-refractivity contribution is -0.138. The number of aliphatic hydroxyl groups is 1. The number of hydrogen-bond donors (Lipinski definition) is 4. The van der Waals surface area contributed by atoms with Crippen molar-refractivity contribution in [3.63, 3.8) is 0 Å². The van der Waals surface area contributed by atoms with E-state index in [-0.39, 0.29) is 31.3 Å². The third kappa shape index (κ3) is 6.87. The van der Waals surface area contributed by atoms with E-state index in [9.17, 15) is 31.5 Å². The standard InChI is InChI=1S/C27H38F3N5O4S/c1-17-15-21(24(36)34-31)16-18(2)22(17)8-14-40(38,39)35-12-10-26(11-13-35)25(37)32-23(33-26)20-5-3-19(4-6-20)7-9-27(28,29)30/h8,14-16,19-20,25,37H,3-7,9-13,31H2,1-2H3,(H,32,33)(H,34,36)/b14-8+. The van der Waals surface area contributed by atoms with E-state index in [2.05, 4.69) is 15.7 Å². The number of sulfonamides is 1. The minimum absolute atomic E-state index is 0.0521. The van der Waals surface area contributed by atoms with E-state index in [1.165, 1.54) is 15.8 Å². The van der Waals surface area contributed by atoms with Crippen LogP contribution in [0.4, 0.5) is 13.2 Å². The molecule has 1 aromatic rings. The maximum atomic E-state index is 13.1. The first-order valence-electron chi connectivity index (χ1n) is 13.6. The molecule has 2 fully saturated rings. The number of nitrogens with zero attached hydrogens (tertiary/aromatic N) is 2. The maximum absolute atomic E-state index is 13.1. The third-order valence-electron chi connectivity index (χ3n) is 8.57. The molecule has 1 saturated carbocycles. The summed E-state index contributed by atoms with van der Waals surface area (Å²) in [4.78, 5) is 16.3. The number of hydrazine groups is 1. The molecule has 222 valence electrons. The first kappa shape index (κ1) is 30.5. The van der Waals surface area contributed by atoms with Crippen molar-refractivity contribution in [1.82, 2.24) is 15.0 Å². The zero-order valence-corrected chi connectivity index (χ0v) is 23.6. The topological polar surface area (TPSA) is 137 Å². The van der Waals surface area contributed by atoms with E-state index in [1.54, 1.807) is 26.0 Å². The molecule has 40 heavy (non-hydrogen) atoms. The summed E-state index contributed by atoms with van der Waals surface area (Å²) in [6.45, 7) is 3.99. The van der Waals surface area contributed by atoms with Gasteiger partial charge in [-0.3, -0.25) is 10.2 Å². The van der Waals surface area contributed by atoms with Crippen molar-refractivity contribution in [3.8, 4) is 0 Å². The van der Waals surface area contributed by atoms with Gasteiger partial charge in [-0.2, -0.15) is 17.5 Å². The molecule has 1 atom stereocenters. The molecule has 1 aliphatic carbocycles. The first-order chi connectivity index (χ1) is 18.7. The van der Waals surface area contributed by atoms with Gasteiger partial charge in [0, 0.05) is 36.4 Å². The van der Waals surface area contributed by atoms with Gasteiger partial charge in [0.25, 0.3) is 5.91 Å². The number of amides is 1. The number of aryl methyl sites for hydroxylation is 2. The zero-order chi connectivity index (χ0) is 29.3. The molecular weight excluding hydrogens is 547 g/mol. The number of halogens is 3. The van der Waals surface area contributed by atoms with Gasteiger partial charge in [-0.25, -0.2) is 19.3 Å². The van der Waals surface area contributed by atoms with E-state index in [0.717, 1.165) is 24.0 Å². The Hall–Kier alpha value is -2.48. The molecule has 1 saturated heterocycles. The van der Waals surface area contributed by atoms with Crippen LogP contribution in [0.5, 0.6) is 0 Å². The first-order valence-corrected chi connectivity index (χ1v) is 15.1. The molecular formula is C27H38F3N5O4S. The monoisotopic (exact) mass is 585 g/mol. The Kier molecular flexibility index (Phi) is 8.98. The molecule has 0 aromatic heterocycles. The quantitative estimate of drug-likeness (QED) is 0.220. The number of aliphatic imine (C=N–C) groups is 1. The highest BCUT2D eigenvalue weighted by atomic mass is 32.2. The Morgan fingerprint density at radius 3 is 2.35 bits per heavy atom. The molecule has 1 amide bonds. The number of alkyl halides is 3. The summed E-state index contributed by atoms with van der Waals surface area (Å²) in [5.74, 6) is 5.58. The summed E-state index contributed by atoms with van der Waals surface area (Å²) in [6.07, 6.45) is -0.617. The summed E-state index contributed by atoms with van der Waals surface area (Å²) in [5.41, 5.74) is 3.90. The van der Waals surface area contributed by atoms with Crippen molar-refractivity contribution in [3.05, 3.63) is 39.8 Å². The lowest BCUT2D eigenvalue weighted by atomic mass is 9.79. The van der Waals surface area contributed by atoms with Crippen molar-refractivity contribution < 1.29 is 31.5 Å². The number of carbonyl (C=O) groups excluding carboxylic acids is 1.